The van der Waals surface area contributed by atoms with Crippen molar-refractivity contribution in [2.45, 2.75) is 76.9 Å². The Morgan fingerprint density at radius 2 is 1.74 bits per heavy atom. The van der Waals surface area contributed by atoms with Gasteiger partial charge in [-0.1, -0.05) is 43.0 Å². The normalized spacial score (nSPS) is 19.5. The molecule has 2 amide bonds. The Bertz CT molecular complexity index is 1110. The van der Waals surface area contributed by atoms with Crippen LogP contribution in [-0.4, -0.2) is 37.4 Å². The number of rotatable bonds is 9. The van der Waals surface area contributed by atoms with E-state index in [2.05, 4.69) is 10.6 Å². The first kappa shape index (κ1) is 27.8. The van der Waals surface area contributed by atoms with E-state index in [0.717, 1.165) is 43.2 Å². The molecule has 0 bridgehead atoms. The zero-order valence-electron chi connectivity index (χ0n) is 21.9. The number of ether oxygens (including phenoxy) is 1. The van der Waals surface area contributed by atoms with Crippen molar-refractivity contribution in [1.29, 1.82) is 0 Å². The predicted molar refractivity (Wildman–Crippen MR) is 143 cm³/mol. The average molecular weight is 532 g/mol. The van der Waals surface area contributed by atoms with Crippen LogP contribution in [0.1, 0.15) is 68.9 Å². The van der Waals surface area contributed by atoms with E-state index in [9.17, 15) is 22.8 Å². The Balaban J connectivity index is 1.63. The lowest BCUT2D eigenvalue weighted by Gasteiger charge is -2.37. The first-order chi connectivity index (χ1) is 18.1. The molecule has 2 aromatic rings. The van der Waals surface area contributed by atoms with Gasteiger partial charge in [0.25, 0.3) is 0 Å². The number of carbonyl (C=O) groups excluding carboxylic acids is 2. The highest BCUT2D eigenvalue weighted by atomic mass is 19.4. The summed E-state index contributed by atoms with van der Waals surface area (Å²) in [7, 11) is 0. The number of alkyl halides is 3. The van der Waals surface area contributed by atoms with E-state index in [-0.39, 0.29) is 30.4 Å². The maximum atomic E-state index is 13.3. The molecular weight excluding hydrogens is 495 g/mol. The van der Waals surface area contributed by atoms with Crippen molar-refractivity contribution in [3.05, 3.63) is 53.6 Å². The van der Waals surface area contributed by atoms with E-state index in [1.165, 1.54) is 0 Å². The molecular formula is C29H36F3N3O3. The summed E-state index contributed by atoms with van der Waals surface area (Å²) in [6.07, 6.45) is 0.0376. The van der Waals surface area contributed by atoms with Gasteiger partial charge < -0.3 is 20.3 Å². The summed E-state index contributed by atoms with van der Waals surface area (Å²) >= 11 is 0. The highest BCUT2D eigenvalue weighted by molar-refractivity contribution is 6.02. The lowest BCUT2D eigenvalue weighted by Crippen LogP contribution is -2.39. The molecule has 2 aromatic carbocycles. The molecule has 2 atom stereocenters. The van der Waals surface area contributed by atoms with Crippen LogP contribution in [0.4, 0.5) is 35.0 Å². The summed E-state index contributed by atoms with van der Waals surface area (Å²) in [5, 5.41) is 5.70. The van der Waals surface area contributed by atoms with Crippen molar-refractivity contribution in [2.75, 3.05) is 28.7 Å². The molecule has 0 saturated heterocycles. The summed E-state index contributed by atoms with van der Waals surface area (Å²) in [4.78, 5) is 27.0. The molecule has 4 rings (SSSR count). The van der Waals surface area contributed by atoms with Crippen LogP contribution in [0.2, 0.25) is 0 Å². The Morgan fingerprint density at radius 1 is 1.03 bits per heavy atom. The zero-order chi connectivity index (χ0) is 27.3. The smallest absolute Gasteiger partial charge is 0.390 e. The minimum atomic E-state index is -4.29. The van der Waals surface area contributed by atoms with Gasteiger partial charge in [0.2, 0.25) is 0 Å². The molecule has 0 spiro atoms. The van der Waals surface area contributed by atoms with Crippen LogP contribution in [0.5, 0.6) is 0 Å². The number of aryl methyl sites for hydroxylation is 1. The van der Waals surface area contributed by atoms with E-state index >= 15 is 0 Å². The zero-order valence-corrected chi connectivity index (χ0v) is 21.9. The molecule has 2 fully saturated rings. The van der Waals surface area contributed by atoms with Gasteiger partial charge in [-0.15, -0.1) is 0 Å². The summed E-state index contributed by atoms with van der Waals surface area (Å²) in [6, 6.07) is 12.3. The summed E-state index contributed by atoms with van der Waals surface area (Å²) in [6.45, 7) is 3.84. The highest BCUT2D eigenvalue weighted by Crippen LogP contribution is 2.49. The number of nitrogens with one attached hydrogen (secondary N) is 2. The molecule has 2 aliphatic rings. The van der Waals surface area contributed by atoms with E-state index in [0.29, 0.717) is 30.1 Å². The largest absolute Gasteiger partial charge is 0.466 e. The van der Waals surface area contributed by atoms with Gasteiger partial charge in [-0.05, 0) is 68.9 Å². The SMILES string of the molecule is CCOC(=O)[C@@H]1C[C@@H]1c1ccc(N(CCC(F)(F)F)C2CCCCC2)c(NC(=O)Nc2ccc(C)cc2)c1. The molecule has 0 aliphatic heterocycles. The molecule has 38 heavy (non-hydrogen) atoms. The van der Waals surface area contributed by atoms with Crippen molar-refractivity contribution in [1.82, 2.24) is 0 Å². The quantitative estimate of drug-likeness (QED) is 0.331. The first-order valence-electron chi connectivity index (χ1n) is 13.4. The summed E-state index contributed by atoms with van der Waals surface area (Å²) in [5.41, 5.74) is 3.53. The number of nitrogens with zero attached hydrogens (tertiary/aromatic N) is 1. The van der Waals surface area contributed by atoms with Gasteiger partial charge in [-0.25, -0.2) is 4.79 Å². The van der Waals surface area contributed by atoms with Crippen molar-refractivity contribution < 1.29 is 27.5 Å². The number of hydrogen-bond donors (Lipinski definition) is 2. The van der Waals surface area contributed by atoms with Crippen LogP contribution < -0.4 is 15.5 Å². The molecule has 2 saturated carbocycles. The molecule has 2 aliphatic carbocycles. The monoisotopic (exact) mass is 531 g/mol. The van der Waals surface area contributed by atoms with Crippen LogP contribution in [-0.2, 0) is 9.53 Å². The number of anilines is 3. The lowest BCUT2D eigenvalue weighted by molar-refractivity contribution is -0.144. The van der Waals surface area contributed by atoms with Gasteiger partial charge in [0, 0.05) is 18.3 Å². The minimum Gasteiger partial charge on any atom is -0.466 e. The maximum Gasteiger partial charge on any atom is 0.390 e. The van der Waals surface area contributed by atoms with Crippen LogP contribution >= 0.6 is 0 Å². The van der Waals surface area contributed by atoms with Gasteiger partial charge >= 0.3 is 18.2 Å². The van der Waals surface area contributed by atoms with Gasteiger partial charge in [-0.2, -0.15) is 13.2 Å². The number of urea groups is 1. The molecule has 0 unspecified atom stereocenters. The number of amides is 2. The van der Waals surface area contributed by atoms with E-state index in [1.54, 1.807) is 31.2 Å². The van der Waals surface area contributed by atoms with Crippen LogP contribution in [0.15, 0.2) is 42.5 Å². The Labute approximate surface area is 221 Å². The first-order valence-corrected chi connectivity index (χ1v) is 13.4. The third kappa shape index (κ3) is 7.42. The van der Waals surface area contributed by atoms with Crippen molar-refractivity contribution >= 4 is 29.1 Å². The summed E-state index contributed by atoms with van der Waals surface area (Å²) in [5.74, 6) is -0.529. The van der Waals surface area contributed by atoms with Crippen molar-refractivity contribution in [3.8, 4) is 0 Å². The third-order valence-electron chi connectivity index (χ3n) is 7.35. The molecule has 0 radical (unpaired) electrons. The predicted octanol–water partition coefficient (Wildman–Crippen LogP) is 7.40. The van der Waals surface area contributed by atoms with Crippen LogP contribution in [0, 0.1) is 12.8 Å². The molecule has 6 nitrogen and oxygen atoms in total. The van der Waals surface area contributed by atoms with E-state index in [1.807, 2.05) is 30.0 Å². The second-order valence-corrected chi connectivity index (χ2v) is 10.3. The fourth-order valence-corrected chi connectivity index (χ4v) is 5.27. The average Bonchev–Trinajstić information content (AvgIpc) is 3.68. The number of esters is 1. The van der Waals surface area contributed by atoms with E-state index in [4.69, 9.17) is 4.74 Å². The van der Waals surface area contributed by atoms with Gasteiger partial charge in [-0.3, -0.25) is 4.79 Å². The fraction of sp³-hybridized carbons (Fsp3) is 0.517. The summed E-state index contributed by atoms with van der Waals surface area (Å²) < 4.78 is 45.0. The lowest BCUT2D eigenvalue weighted by atomic mass is 9.93. The molecule has 2 N–H and O–H groups in total. The van der Waals surface area contributed by atoms with Crippen LogP contribution in [0.25, 0.3) is 0 Å². The minimum absolute atomic E-state index is 0.0362. The van der Waals surface area contributed by atoms with Gasteiger partial charge in [0.05, 0.1) is 30.3 Å². The second kappa shape index (κ2) is 12.1. The maximum absolute atomic E-state index is 13.3. The standard InChI is InChI=1S/C29H36F3N3O3/c1-3-38-27(36)24-18-23(24)20-11-14-26(35(16-15-29(30,31)32)22-7-5-4-6-8-22)25(17-20)34-28(37)33-21-12-9-19(2)10-13-21/h9-14,17,22-24H,3-8,15-16,18H2,1-2H3,(H2,33,34,37)/t23-,24-/m1/s1. The Hall–Kier alpha value is -3.23. The van der Waals surface area contributed by atoms with Gasteiger partial charge in [0.1, 0.15) is 0 Å². The van der Waals surface area contributed by atoms with Crippen LogP contribution in [0.3, 0.4) is 0 Å². The molecule has 0 aromatic heterocycles. The fourth-order valence-electron chi connectivity index (χ4n) is 5.27. The topological polar surface area (TPSA) is 70.7 Å². The van der Waals surface area contributed by atoms with Gasteiger partial charge in [0.15, 0.2) is 0 Å². The van der Waals surface area contributed by atoms with Crippen molar-refractivity contribution in [3.63, 3.8) is 0 Å². The Morgan fingerprint density at radius 3 is 2.39 bits per heavy atom. The number of halogens is 3. The molecule has 0 heterocycles. The molecule has 9 heteroatoms. The number of carbonyl (C=O) groups is 2. The molecule has 206 valence electrons. The second-order valence-electron chi connectivity index (χ2n) is 10.3. The Kier molecular flexibility index (Phi) is 8.84. The van der Waals surface area contributed by atoms with Crippen molar-refractivity contribution in [2.24, 2.45) is 5.92 Å². The number of benzene rings is 2. The third-order valence-corrected chi connectivity index (χ3v) is 7.35. The highest BCUT2D eigenvalue weighted by Gasteiger charge is 2.45. The van der Waals surface area contributed by atoms with E-state index < -0.39 is 18.6 Å². The number of hydrogen-bond acceptors (Lipinski definition) is 4.